The lowest BCUT2D eigenvalue weighted by molar-refractivity contribution is 0.471. The van der Waals surface area contributed by atoms with E-state index in [2.05, 4.69) is 31.0 Å². The molecule has 0 amide bonds. The zero-order valence-electron chi connectivity index (χ0n) is 10.8. The molecule has 0 saturated carbocycles. The van der Waals surface area contributed by atoms with Crippen molar-refractivity contribution in [1.82, 2.24) is 4.98 Å². The van der Waals surface area contributed by atoms with Crippen molar-refractivity contribution < 1.29 is 4.74 Å². The summed E-state index contributed by atoms with van der Waals surface area (Å²) in [7, 11) is 0. The highest BCUT2D eigenvalue weighted by atomic mass is 35.5. The molecule has 1 aromatic heterocycles. The molecule has 0 N–H and O–H groups in total. The van der Waals surface area contributed by atoms with Crippen molar-refractivity contribution in [2.75, 3.05) is 0 Å². The van der Waals surface area contributed by atoms with Crippen LogP contribution in [0.4, 0.5) is 0 Å². The van der Waals surface area contributed by atoms with Gasteiger partial charge in [0, 0.05) is 12.1 Å². The van der Waals surface area contributed by atoms with E-state index in [1.165, 1.54) is 5.56 Å². The van der Waals surface area contributed by atoms with Gasteiger partial charge in [-0.3, -0.25) is 4.98 Å². The largest absolute Gasteiger partial charge is 0.455 e. The number of ether oxygens (including phenoxy) is 1. The molecule has 0 fully saturated rings. The molecule has 18 heavy (non-hydrogen) atoms. The maximum Gasteiger partial charge on any atom is 0.146 e. The lowest BCUT2D eigenvalue weighted by Gasteiger charge is -2.13. The topological polar surface area (TPSA) is 22.1 Å². The average molecular weight is 262 g/mol. The number of rotatable bonds is 3. The number of halogens is 1. The SMILES string of the molecule is Cc1ccc(C)c(Oc2cncc(CCl)c2)c1C. The summed E-state index contributed by atoms with van der Waals surface area (Å²) in [6, 6.07) is 6.09. The predicted octanol–water partition coefficient (Wildman–Crippen LogP) is 4.54. The third kappa shape index (κ3) is 2.65. The molecule has 1 heterocycles. The number of hydrogen-bond acceptors (Lipinski definition) is 2. The van der Waals surface area contributed by atoms with Gasteiger partial charge in [0.05, 0.1) is 6.20 Å². The minimum Gasteiger partial charge on any atom is -0.455 e. The molecular weight excluding hydrogens is 246 g/mol. The van der Waals surface area contributed by atoms with Crippen LogP contribution in [0.1, 0.15) is 22.3 Å². The van der Waals surface area contributed by atoms with Crippen molar-refractivity contribution in [3.63, 3.8) is 0 Å². The molecule has 0 aliphatic heterocycles. The first-order valence-corrected chi connectivity index (χ1v) is 6.40. The van der Waals surface area contributed by atoms with Gasteiger partial charge in [-0.25, -0.2) is 0 Å². The molecule has 0 aliphatic rings. The van der Waals surface area contributed by atoms with E-state index >= 15 is 0 Å². The maximum absolute atomic E-state index is 5.94. The van der Waals surface area contributed by atoms with Crippen molar-refractivity contribution in [1.29, 1.82) is 0 Å². The van der Waals surface area contributed by atoms with Crippen molar-refractivity contribution in [2.45, 2.75) is 26.7 Å². The molecule has 94 valence electrons. The Morgan fingerprint density at radius 1 is 1.11 bits per heavy atom. The van der Waals surface area contributed by atoms with Gasteiger partial charge in [0.1, 0.15) is 11.5 Å². The monoisotopic (exact) mass is 261 g/mol. The van der Waals surface area contributed by atoms with Gasteiger partial charge >= 0.3 is 0 Å². The van der Waals surface area contributed by atoms with E-state index in [0.29, 0.717) is 5.88 Å². The molecule has 0 aliphatic carbocycles. The van der Waals surface area contributed by atoms with Crippen LogP contribution >= 0.6 is 11.6 Å². The summed E-state index contributed by atoms with van der Waals surface area (Å²) in [5.74, 6) is 2.07. The van der Waals surface area contributed by atoms with Crippen LogP contribution in [0, 0.1) is 20.8 Å². The summed E-state index contributed by atoms with van der Waals surface area (Å²) in [5.41, 5.74) is 4.45. The normalized spacial score (nSPS) is 10.4. The van der Waals surface area contributed by atoms with E-state index in [1.54, 1.807) is 12.4 Å². The fraction of sp³-hybridized carbons (Fsp3) is 0.267. The van der Waals surface area contributed by atoms with E-state index in [1.807, 2.05) is 13.0 Å². The van der Waals surface area contributed by atoms with E-state index in [4.69, 9.17) is 16.3 Å². The van der Waals surface area contributed by atoms with Crippen molar-refractivity contribution in [3.8, 4) is 11.5 Å². The van der Waals surface area contributed by atoms with Crippen LogP contribution in [0.2, 0.25) is 0 Å². The summed E-state index contributed by atoms with van der Waals surface area (Å²) in [4.78, 5) is 4.12. The zero-order valence-corrected chi connectivity index (χ0v) is 11.6. The minimum absolute atomic E-state index is 0.440. The van der Waals surface area contributed by atoms with Gasteiger partial charge in [-0.05, 0) is 49.1 Å². The predicted molar refractivity (Wildman–Crippen MR) is 74.5 cm³/mol. The van der Waals surface area contributed by atoms with Crippen molar-refractivity contribution >= 4 is 11.6 Å². The molecule has 1 aromatic carbocycles. The van der Waals surface area contributed by atoms with E-state index in [-0.39, 0.29) is 0 Å². The Labute approximate surface area is 113 Å². The first-order valence-electron chi connectivity index (χ1n) is 5.86. The minimum atomic E-state index is 0.440. The van der Waals surface area contributed by atoms with E-state index < -0.39 is 0 Å². The molecule has 2 aromatic rings. The summed E-state index contributed by atoms with van der Waals surface area (Å²) in [5, 5.41) is 0. The lowest BCUT2D eigenvalue weighted by Crippen LogP contribution is -1.94. The highest BCUT2D eigenvalue weighted by Crippen LogP contribution is 2.30. The molecule has 0 spiro atoms. The molecule has 0 atom stereocenters. The Bertz CT molecular complexity index is 566. The third-order valence-electron chi connectivity index (χ3n) is 3.02. The van der Waals surface area contributed by atoms with Crippen LogP contribution < -0.4 is 4.74 Å². The van der Waals surface area contributed by atoms with Gasteiger partial charge in [0.15, 0.2) is 0 Å². The number of nitrogens with zero attached hydrogens (tertiary/aromatic N) is 1. The number of pyridine rings is 1. The van der Waals surface area contributed by atoms with Crippen molar-refractivity contribution in [2.24, 2.45) is 0 Å². The van der Waals surface area contributed by atoms with Crippen LogP contribution in [0.3, 0.4) is 0 Å². The van der Waals surface area contributed by atoms with Crippen molar-refractivity contribution in [3.05, 3.63) is 52.8 Å². The highest BCUT2D eigenvalue weighted by Gasteiger charge is 2.08. The van der Waals surface area contributed by atoms with Crippen LogP contribution in [-0.4, -0.2) is 4.98 Å². The number of aromatic nitrogens is 1. The zero-order chi connectivity index (χ0) is 13.1. The number of aryl methyl sites for hydroxylation is 2. The van der Waals surface area contributed by atoms with Gasteiger partial charge in [0.25, 0.3) is 0 Å². The van der Waals surface area contributed by atoms with Crippen LogP contribution in [0.25, 0.3) is 0 Å². The lowest BCUT2D eigenvalue weighted by atomic mass is 10.1. The second kappa shape index (κ2) is 5.40. The summed E-state index contributed by atoms with van der Waals surface area (Å²) < 4.78 is 5.94. The molecule has 0 unspecified atom stereocenters. The fourth-order valence-corrected chi connectivity index (χ4v) is 1.94. The molecule has 3 heteroatoms. The molecule has 2 rings (SSSR count). The summed E-state index contributed by atoms with van der Waals surface area (Å²) in [6.07, 6.45) is 3.45. The van der Waals surface area contributed by atoms with Gasteiger partial charge < -0.3 is 4.74 Å². The third-order valence-corrected chi connectivity index (χ3v) is 3.33. The molecule has 0 bridgehead atoms. The van der Waals surface area contributed by atoms with Crippen LogP contribution in [0.5, 0.6) is 11.5 Å². The average Bonchev–Trinajstić information content (AvgIpc) is 2.39. The second-order valence-corrected chi connectivity index (χ2v) is 4.69. The van der Waals surface area contributed by atoms with Gasteiger partial charge in [0.2, 0.25) is 0 Å². The first kappa shape index (κ1) is 12.9. The van der Waals surface area contributed by atoms with Gasteiger partial charge in [-0.1, -0.05) is 12.1 Å². The first-order chi connectivity index (χ1) is 8.61. The van der Waals surface area contributed by atoms with E-state index in [0.717, 1.165) is 28.2 Å². The molecule has 0 saturated heterocycles. The molecule has 0 radical (unpaired) electrons. The molecular formula is C15H16ClNO. The Balaban J connectivity index is 2.36. The Kier molecular flexibility index (Phi) is 3.87. The Morgan fingerprint density at radius 3 is 2.56 bits per heavy atom. The number of hydrogen-bond donors (Lipinski definition) is 0. The van der Waals surface area contributed by atoms with Gasteiger partial charge in [-0.2, -0.15) is 0 Å². The van der Waals surface area contributed by atoms with Crippen LogP contribution in [0.15, 0.2) is 30.6 Å². The fourth-order valence-electron chi connectivity index (χ4n) is 1.79. The Morgan fingerprint density at radius 2 is 1.83 bits per heavy atom. The number of alkyl halides is 1. The quantitative estimate of drug-likeness (QED) is 0.757. The smallest absolute Gasteiger partial charge is 0.146 e. The second-order valence-electron chi connectivity index (χ2n) is 4.42. The van der Waals surface area contributed by atoms with Crippen LogP contribution in [-0.2, 0) is 5.88 Å². The maximum atomic E-state index is 5.94. The number of benzene rings is 1. The van der Waals surface area contributed by atoms with Gasteiger partial charge in [-0.15, -0.1) is 11.6 Å². The highest BCUT2D eigenvalue weighted by molar-refractivity contribution is 6.17. The molecule has 2 nitrogen and oxygen atoms in total. The standard InChI is InChI=1S/C15H16ClNO/c1-10-4-5-11(2)15(12(10)3)18-14-6-13(7-16)8-17-9-14/h4-6,8-9H,7H2,1-3H3. The summed E-state index contributed by atoms with van der Waals surface area (Å²) >= 11 is 5.79. The summed E-state index contributed by atoms with van der Waals surface area (Å²) in [6.45, 7) is 6.19. The Hall–Kier alpha value is -1.54. The van der Waals surface area contributed by atoms with E-state index in [9.17, 15) is 0 Å².